The highest BCUT2D eigenvalue weighted by atomic mass is 35.5. The minimum atomic E-state index is 0.0996. The zero-order valence-corrected chi connectivity index (χ0v) is 19.5. The first kappa shape index (κ1) is 21.7. The lowest BCUT2D eigenvalue weighted by Gasteiger charge is -2.39. The van der Waals surface area contributed by atoms with Crippen molar-refractivity contribution in [2.24, 2.45) is 5.41 Å². The molecule has 1 saturated carbocycles. The van der Waals surface area contributed by atoms with E-state index in [1.165, 1.54) is 32.3 Å². The van der Waals surface area contributed by atoms with Crippen LogP contribution in [0.25, 0.3) is 0 Å². The van der Waals surface area contributed by atoms with E-state index in [2.05, 4.69) is 19.9 Å². The number of nitrogens with one attached hydrogen (secondary N) is 1. The van der Waals surface area contributed by atoms with Gasteiger partial charge in [0.1, 0.15) is 6.61 Å². The molecule has 10 heteroatoms. The number of benzene rings is 1. The summed E-state index contributed by atoms with van der Waals surface area (Å²) in [7, 11) is 1.52. The zero-order chi connectivity index (χ0) is 23.2. The summed E-state index contributed by atoms with van der Waals surface area (Å²) in [5, 5.41) is 9.49. The third kappa shape index (κ3) is 4.16. The Kier molecular flexibility index (Phi) is 5.50. The number of rotatable bonds is 7. The van der Waals surface area contributed by atoms with Gasteiger partial charge in [0.05, 0.1) is 22.9 Å². The summed E-state index contributed by atoms with van der Waals surface area (Å²) >= 11 is 12.4. The maximum atomic E-state index is 8.69. The fraction of sp³-hybridized carbons (Fsp3) is 0.304. The van der Waals surface area contributed by atoms with Crippen LogP contribution in [-0.4, -0.2) is 40.9 Å². The van der Waals surface area contributed by atoms with Crippen molar-refractivity contribution in [3.63, 3.8) is 0 Å². The van der Waals surface area contributed by atoms with Crippen LogP contribution in [0.2, 0.25) is 10.0 Å². The summed E-state index contributed by atoms with van der Waals surface area (Å²) < 4.78 is 11.4. The smallest absolute Gasteiger partial charge is 0.225 e. The van der Waals surface area contributed by atoms with Crippen LogP contribution in [0.1, 0.15) is 29.5 Å². The van der Waals surface area contributed by atoms with Gasteiger partial charge in [0.15, 0.2) is 11.5 Å². The molecule has 0 amide bonds. The molecule has 0 radical (unpaired) electrons. The fourth-order valence-electron chi connectivity index (χ4n) is 3.96. The Bertz CT molecular complexity index is 1200. The number of nitrogens with zero attached hydrogens (tertiary/aromatic N) is 4. The molecule has 3 N–H and O–H groups in total. The molecule has 2 aromatic heterocycles. The Balaban J connectivity index is 1.36. The number of nitrogens with two attached hydrogens (primary N) is 1. The average molecular weight is 485 g/mol. The van der Waals surface area contributed by atoms with Gasteiger partial charge >= 0.3 is 0 Å². The average Bonchev–Trinajstić information content (AvgIpc) is 3.59. The molecule has 8 nitrogen and oxygen atoms in total. The van der Waals surface area contributed by atoms with Crippen LogP contribution in [0.15, 0.2) is 36.9 Å². The number of hydrogen-bond acceptors (Lipinski definition) is 8. The third-order valence-electron chi connectivity index (χ3n) is 6.15. The van der Waals surface area contributed by atoms with Gasteiger partial charge in [0.25, 0.3) is 0 Å². The van der Waals surface area contributed by atoms with Gasteiger partial charge in [-0.1, -0.05) is 23.2 Å². The molecule has 1 aliphatic heterocycles. The Labute approximate surface area is 201 Å². The Morgan fingerprint density at radius 2 is 1.76 bits per heavy atom. The summed E-state index contributed by atoms with van der Waals surface area (Å²) in [6.07, 6.45) is 8.91. The molecular formula is C23H22Cl2N6O2. The molecule has 0 bridgehead atoms. The molecule has 2 aliphatic rings. The molecule has 2 fully saturated rings. The lowest BCUT2D eigenvalue weighted by atomic mass is 9.98. The van der Waals surface area contributed by atoms with E-state index in [0.29, 0.717) is 55.3 Å². The fourth-order valence-corrected chi connectivity index (χ4v) is 4.43. The molecular weight excluding hydrogens is 463 g/mol. The van der Waals surface area contributed by atoms with Crippen LogP contribution >= 0.6 is 23.2 Å². The number of ether oxygens (including phenoxy) is 2. The second-order valence-electron chi connectivity index (χ2n) is 8.46. The van der Waals surface area contributed by atoms with Gasteiger partial charge in [0, 0.05) is 71.7 Å². The highest BCUT2D eigenvalue weighted by molar-refractivity contribution is 6.35. The van der Waals surface area contributed by atoms with Crippen LogP contribution < -0.4 is 20.1 Å². The molecule has 3 heterocycles. The summed E-state index contributed by atoms with van der Waals surface area (Å²) in [6.45, 7) is 2.13. The highest BCUT2D eigenvalue weighted by Gasteiger charge is 2.53. The second-order valence-corrected chi connectivity index (χ2v) is 9.28. The molecule has 3 aromatic rings. The number of hydrogen-bond donors (Lipinski definition) is 2. The lowest BCUT2D eigenvalue weighted by Crippen LogP contribution is -2.49. The molecule has 170 valence electrons. The van der Waals surface area contributed by atoms with Gasteiger partial charge in [-0.3, -0.25) is 10.4 Å². The van der Waals surface area contributed by atoms with E-state index < -0.39 is 0 Å². The molecule has 1 saturated heterocycles. The van der Waals surface area contributed by atoms with E-state index in [1.807, 2.05) is 0 Å². The lowest BCUT2D eigenvalue weighted by molar-refractivity contribution is 0.284. The molecule has 0 unspecified atom stereocenters. The normalized spacial score (nSPS) is 15.8. The van der Waals surface area contributed by atoms with Crippen LogP contribution in [0, 0.1) is 10.8 Å². The molecule has 33 heavy (non-hydrogen) atoms. The van der Waals surface area contributed by atoms with Crippen molar-refractivity contribution < 1.29 is 9.47 Å². The van der Waals surface area contributed by atoms with Crippen molar-refractivity contribution >= 4 is 40.5 Å². The summed E-state index contributed by atoms with van der Waals surface area (Å²) in [5.74, 6) is 1.54. The first-order valence-electron chi connectivity index (χ1n) is 10.4. The molecule has 1 aliphatic carbocycles. The topological polar surface area (TPSA) is 110 Å². The number of aromatic nitrogens is 3. The number of anilines is 2. The quantitative estimate of drug-likeness (QED) is 0.378. The van der Waals surface area contributed by atoms with Crippen LogP contribution in [-0.2, 0) is 6.61 Å². The van der Waals surface area contributed by atoms with E-state index in [1.54, 1.807) is 24.5 Å². The number of methoxy groups -OCH3 is 1. The summed E-state index contributed by atoms with van der Waals surface area (Å²) in [4.78, 5) is 15.0. The maximum absolute atomic E-state index is 8.69. The van der Waals surface area contributed by atoms with Crippen LogP contribution in [0.3, 0.4) is 0 Å². The zero-order valence-electron chi connectivity index (χ0n) is 17.9. The van der Waals surface area contributed by atoms with Gasteiger partial charge < -0.3 is 20.1 Å². The molecule has 0 atom stereocenters. The Hall–Kier alpha value is -3.10. The number of halogens is 2. The van der Waals surface area contributed by atoms with Gasteiger partial charge in [0.2, 0.25) is 5.95 Å². The molecule has 1 spiro atoms. The van der Waals surface area contributed by atoms with Crippen molar-refractivity contribution in [1.82, 2.24) is 15.0 Å². The highest BCUT2D eigenvalue weighted by Crippen LogP contribution is 2.53. The van der Waals surface area contributed by atoms with Crippen molar-refractivity contribution in [2.75, 3.05) is 30.8 Å². The van der Waals surface area contributed by atoms with E-state index in [9.17, 15) is 0 Å². The van der Waals surface area contributed by atoms with Gasteiger partial charge in [-0.2, -0.15) is 0 Å². The molecule has 1 aromatic carbocycles. The second kappa shape index (κ2) is 8.35. The van der Waals surface area contributed by atoms with Gasteiger partial charge in [-0.15, -0.1) is 0 Å². The van der Waals surface area contributed by atoms with Crippen LogP contribution in [0.4, 0.5) is 11.6 Å². The molecule has 5 rings (SSSR count). The Morgan fingerprint density at radius 1 is 1.09 bits per heavy atom. The van der Waals surface area contributed by atoms with Crippen LogP contribution in [0.5, 0.6) is 11.5 Å². The monoisotopic (exact) mass is 484 g/mol. The number of nitrogen functional groups attached to an aromatic ring is 1. The number of pyridine rings is 1. The van der Waals surface area contributed by atoms with Crippen molar-refractivity contribution in [1.29, 1.82) is 5.41 Å². The van der Waals surface area contributed by atoms with E-state index in [0.717, 1.165) is 13.1 Å². The van der Waals surface area contributed by atoms with Crippen molar-refractivity contribution in [2.45, 2.75) is 19.4 Å². The van der Waals surface area contributed by atoms with E-state index in [-0.39, 0.29) is 12.3 Å². The summed E-state index contributed by atoms with van der Waals surface area (Å²) in [6, 6.07) is 3.29. The van der Waals surface area contributed by atoms with E-state index >= 15 is 0 Å². The first-order valence-corrected chi connectivity index (χ1v) is 11.2. The predicted molar refractivity (Wildman–Crippen MR) is 128 cm³/mol. The third-order valence-corrected chi connectivity index (χ3v) is 6.80. The maximum Gasteiger partial charge on any atom is 0.225 e. The van der Waals surface area contributed by atoms with Gasteiger partial charge in [-0.25, -0.2) is 9.97 Å². The van der Waals surface area contributed by atoms with Crippen molar-refractivity contribution in [3.8, 4) is 11.5 Å². The minimum Gasteiger partial charge on any atom is -0.493 e. The standard InChI is InChI=1S/C23H22Cl2N6O2/c1-32-19-5-18(26)14(4-20(19)33-10-15-16(24)8-28-9-17(15)25)21(27)13-6-29-22(30-7-13)31-11-23(12-31)2-3-23/h4-9,27H,2-3,10-12,26H2,1H3. The first-order chi connectivity index (χ1) is 15.9. The van der Waals surface area contributed by atoms with Gasteiger partial charge in [-0.05, 0) is 18.9 Å². The predicted octanol–water partition coefficient (Wildman–Crippen LogP) is 4.36. The van der Waals surface area contributed by atoms with E-state index in [4.69, 9.17) is 43.8 Å². The summed E-state index contributed by atoms with van der Waals surface area (Å²) in [5.41, 5.74) is 8.96. The Morgan fingerprint density at radius 3 is 2.36 bits per heavy atom. The largest absolute Gasteiger partial charge is 0.493 e. The SMILES string of the molecule is COc1cc(N)c(C(=N)c2cnc(N3CC4(CC4)C3)nc2)cc1OCc1c(Cl)cncc1Cl. The van der Waals surface area contributed by atoms with Crippen molar-refractivity contribution in [3.05, 3.63) is 63.7 Å². The minimum absolute atomic E-state index is 0.0996.